The second-order valence-electron chi connectivity index (χ2n) is 5.92. The number of nitrogens with zero attached hydrogens (tertiary/aromatic N) is 1. The van der Waals surface area contributed by atoms with Gasteiger partial charge in [0, 0.05) is 28.7 Å². The predicted molar refractivity (Wildman–Crippen MR) is 90.8 cm³/mol. The fraction of sp³-hybridized carbons (Fsp3) is 0.562. The first kappa shape index (κ1) is 16.3. The maximum absolute atomic E-state index is 11.3. The van der Waals surface area contributed by atoms with E-state index in [1.807, 2.05) is 6.07 Å². The summed E-state index contributed by atoms with van der Waals surface area (Å²) >= 11 is 3.58. The van der Waals surface area contributed by atoms with Crippen LogP contribution in [0.1, 0.15) is 43.5 Å². The number of anilines is 1. The zero-order valence-electron chi connectivity index (χ0n) is 12.7. The van der Waals surface area contributed by atoms with Crippen LogP contribution in [0, 0.1) is 0 Å². The van der Waals surface area contributed by atoms with Gasteiger partial charge in [-0.3, -0.25) is 4.79 Å². The van der Waals surface area contributed by atoms with E-state index >= 15 is 0 Å². The van der Waals surface area contributed by atoms with E-state index in [9.17, 15) is 4.79 Å². The van der Waals surface area contributed by atoms with Crippen molar-refractivity contribution in [3.05, 3.63) is 28.2 Å². The molecule has 1 atom stereocenters. The standard InChI is InChI=1S/C16H24BrN3O/c1-11(2)20(10-13-5-3-4-8-19-13)15-7-6-12(16(18)21)9-14(15)17/h6-7,9,11,13,19H,3-5,8,10H2,1-2H3,(H2,18,21). The highest BCUT2D eigenvalue weighted by molar-refractivity contribution is 9.10. The van der Waals surface area contributed by atoms with Crippen LogP contribution in [0.3, 0.4) is 0 Å². The first-order chi connectivity index (χ1) is 9.99. The highest BCUT2D eigenvalue weighted by Gasteiger charge is 2.20. The molecule has 0 saturated carbocycles. The molecule has 5 heteroatoms. The number of nitrogens with two attached hydrogens (primary N) is 1. The quantitative estimate of drug-likeness (QED) is 0.855. The molecule has 1 aromatic carbocycles. The summed E-state index contributed by atoms with van der Waals surface area (Å²) in [5.74, 6) is -0.396. The minimum Gasteiger partial charge on any atom is -0.367 e. The van der Waals surface area contributed by atoms with Crippen LogP contribution in [0.4, 0.5) is 5.69 Å². The number of primary amides is 1. The molecule has 3 N–H and O–H groups in total. The second kappa shape index (κ2) is 7.27. The molecule has 0 aromatic heterocycles. The summed E-state index contributed by atoms with van der Waals surface area (Å²) in [4.78, 5) is 13.6. The number of amides is 1. The van der Waals surface area contributed by atoms with Gasteiger partial charge in [0.25, 0.3) is 0 Å². The summed E-state index contributed by atoms with van der Waals surface area (Å²) in [7, 11) is 0. The van der Waals surface area contributed by atoms with Gasteiger partial charge in [-0.15, -0.1) is 0 Å². The van der Waals surface area contributed by atoms with Gasteiger partial charge in [-0.25, -0.2) is 0 Å². The van der Waals surface area contributed by atoms with E-state index in [-0.39, 0.29) is 0 Å². The van der Waals surface area contributed by atoms with Crippen molar-refractivity contribution in [2.45, 2.75) is 45.2 Å². The van der Waals surface area contributed by atoms with E-state index in [4.69, 9.17) is 5.73 Å². The largest absolute Gasteiger partial charge is 0.367 e. The highest BCUT2D eigenvalue weighted by Crippen LogP contribution is 2.29. The molecule has 21 heavy (non-hydrogen) atoms. The Kier molecular flexibility index (Phi) is 5.65. The normalized spacial score (nSPS) is 18.8. The van der Waals surface area contributed by atoms with Crippen LogP contribution in [0.25, 0.3) is 0 Å². The van der Waals surface area contributed by atoms with Crippen LogP contribution in [0.15, 0.2) is 22.7 Å². The van der Waals surface area contributed by atoms with Crippen molar-refractivity contribution in [3.63, 3.8) is 0 Å². The maximum Gasteiger partial charge on any atom is 0.248 e. The lowest BCUT2D eigenvalue weighted by atomic mass is 10.0. The molecule has 1 unspecified atom stereocenters. The first-order valence-corrected chi connectivity index (χ1v) is 8.37. The zero-order chi connectivity index (χ0) is 15.4. The van der Waals surface area contributed by atoms with Gasteiger partial charge in [0.05, 0.1) is 5.69 Å². The van der Waals surface area contributed by atoms with Crippen molar-refractivity contribution in [2.24, 2.45) is 5.73 Å². The number of rotatable bonds is 5. The van der Waals surface area contributed by atoms with Crippen LogP contribution >= 0.6 is 15.9 Å². The Labute approximate surface area is 135 Å². The number of halogens is 1. The molecule has 0 aliphatic carbocycles. The monoisotopic (exact) mass is 353 g/mol. The van der Waals surface area contributed by atoms with Crippen molar-refractivity contribution in [3.8, 4) is 0 Å². The van der Waals surface area contributed by atoms with Crippen molar-refractivity contribution >= 4 is 27.5 Å². The third kappa shape index (κ3) is 4.20. The van der Waals surface area contributed by atoms with Gasteiger partial charge in [0.2, 0.25) is 5.91 Å². The predicted octanol–water partition coefficient (Wildman–Crippen LogP) is 2.90. The van der Waals surface area contributed by atoms with Crippen LogP contribution in [0.2, 0.25) is 0 Å². The summed E-state index contributed by atoms with van der Waals surface area (Å²) in [6.45, 7) is 6.47. The Morgan fingerprint density at radius 1 is 1.48 bits per heavy atom. The van der Waals surface area contributed by atoms with Gasteiger partial charge in [-0.2, -0.15) is 0 Å². The van der Waals surface area contributed by atoms with E-state index in [0.29, 0.717) is 17.6 Å². The van der Waals surface area contributed by atoms with E-state index in [2.05, 4.69) is 40.0 Å². The minimum atomic E-state index is -0.396. The van der Waals surface area contributed by atoms with Crippen molar-refractivity contribution in [1.82, 2.24) is 5.32 Å². The van der Waals surface area contributed by atoms with Gasteiger partial charge >= 0.3 is 0 Å². The molecule has 0 spiro atoms. The van der Waals surface area contributed by atoms with E-state index in [0.717, 1.165) is 23.2 Å². The minimum absolute atomic E-state index is 0.393. The van der Waals surface area contributed by atoms with E-state index in [1.54, 1.807) is 12.1 Å². The zero-order valence-corrected chi connectivity index (χ0v) is 14.3. The fourth-order valence-electron chi connectivity index (χ4n) is 2.80. The molecule has 1 aliphatic rings. The van der Waals surface area contributed by atoms with Gasteiger partial charge in [-0.1, -0.05) is 6.42 Å². The van der Waals surface area contributed by atoms with Crippen LogP contribution in [0.5, 0.6) is 0 Å². The third-order valence-electron chi connectivity index (χ3n) is 3.99. The highest BCUT2D eigenvalue weighted by atomic mass is 79.9. The summed E-state index contributed by atoms with van der Waals surface area (Å²) in [5.41, 5.74) is 6.98. The van der Waals surface area contributed by atoms with Gasteiger partial charge in [-0.05, 0) is 67.4 Å². The number of hydrogen-bond donors (Lipinski definition) is 2. The Bertz CT molecular complexity index is 498. The van der Waals surface area contributed by atoms with Crippen LogP contribution < -0.4 is 16.0 Å². The third-order valence-corrected chi connectivity index (χ3v) is 4.63. The molecule has 1 aliphatic heterocycles. The molecule has 1 heterocycles. The number of nitrogens with one attached hydrogen (secondary N) is 1. The van der Waals surface area contributed by atoms with Crippen molar-refractivity contribution < 1.29 is 4.79 Å². The molecule has 1 aromatic rings. The maximum atomic E-state index is 11.3. The lowest BCUT2D eigenvalue weighted by Crippen LogP contribution is -2.46. The molecule has 116 valence electrons. The smallest absolute Gasteiger partial charge is 0.248 e. The molecular weight excluding hydrogens is 330 g/mol. The van der Waals surface area contributed by atoms with Crippen LogP contribution in [-0.4, -0.2) is 31.1 Å². The van der Waals surface area contributed by atoms with E-state index < -0.39 is 5.91 Å². The Balaban J connectivity index is 2.19. The van der Waals surface area contributed by atoms with Gasteiger partial charge in [0.15, 0.2) is 0 Å². The number of benzene rings is 1. The average Bonchev–Trinajstić information content (AvgIpc) is 2.46. The summed E-state index contributed by atoms with van der Waals surface area (Å²) in [5, 5.41) is 3.59. The van der Waals surface area contributed by atoms with Crippen molar-refractivity contribution in [1.29, 1.82) is 0 Å². The number of piperidine rings is 1. The average molecular weight is 354 g/mol. The molecule has 1 fully saturated rings. The summed E-state index contributed by atoms with van der Waals surface area (Å²) < 4.78 is 0.920. The lowest BCUT2D eigenvalue weighted by Gasteiger charge is -2.35. The van der Waals surface area contributed by atoms with Gasteiger partial charge < -0.3 is 16.0 Å². The Morgan fingerprint density at radius 3 is 2.76 bits per heavy atom. The number of hydrogen-bond acceptors (Lipinski definition) is 3. The number of carbonyl (C=O) groups is 1. The van der Waals surface area contributed by atoms with Gasteiger partial charge in [0.1, 0.15) is 0 Å². The fourth-order valence-corrected chi connectivity index (χ4v) is 3.40. The molecule has 1 saturated heterocycles. The van der Waals surface area contributed by atoms with Crippen molar-refractivity contribution in [2.75, 3.05) is 18.0 Å². The molecule has 0 radical (unpaired) electrons. The number of carbonyl (C=O) groups excluding carboxylic acids is 1. The first-order valence-electron chi connectivity index (χ1n) is 7.58. The molecule has 1 amide bonds. The Morgan fingerprint density at radius 2 is 2.24 bits per heavy atom. The Hall–Kier alpha value is -1.07. The lowest BCUT2D eigenvalue weighted by molar-refractivity contribution is 0.100. The molecular formula is C16H24BrN3O. The SMILES string of the molecule is CC(C)N(CC1CCCCN1)c1ccc(C(N)=O)cc1Br. The summed E-state index contributed by atoms with van der Waals surface area (Å²) in [6.07, 6.45) is 3.79. The molecule has 2 rings (SSSR count). The summed E-state index contributed by atoms with van der Waals surface area (Å²) in [6, 6.07) is 6.51. The second-order valence-corrected chi connectivity index (χ2v) is 6.78. The molecule has 4 nitrogen and oxygen atoms in total. The van der Waals surface area contributed by atoms with E-state index in [1.165, 1.54) is 19.3 Å². The van der Waals surface area contributed by atoms with Crippen LogP contribution in [-0.2, 0) is 0 Å². The topological polar surface area (TPSA) is 58.4 Å². The molecule has 0 bridgehead atoms.